The van der Waals surface area contributed by atoms with Crippen LogP contribution in [0.1, 0.15) is 0 Å². The van der Waals surface area contributed by atoms with E-state index in [0.29, 0.717) is 27.0 Å². The maximum atomic E-state index is 12.4. The van der Waals surface area contributed by atoms with Crippen LogP contribution in [0.3, 0.4) is 0 Å². The number of benzene rings is 4. The van der Waals surface area contributed by atoms with Gasteiger partial charge in [0.15, 0.2) is 0 Å². The Labute approximate surface area is 177 Å². The molecule has 3 N–H and O–H groups in total. The summed E-state index contributed by atoms with van der Waals surface area (Å²) in [5, 5.41) is 17.9. The second-order valence-corrected chi connectivity index (χ2v) is 8.49. The van der Waals surface area contributed by atoms with Crippen LogP contribution in [0.15, 0.2) is 76.5 Å². The van der Waals surface area contributed by atoms with Crippen LogP contribution in [0.2, 0.25) is 0 Å². The molecule has 0 aromatic heterocycles. The van der Waals surface area contributed by atoms with Crippen molar-refractivity contribution >= 4 is 61.7 Å². The molecule has 0 aliphatic carbocycles. The summed E-state index contributed by atoms with van der Waals surface area (Å²) in [7, 11) is -4.73. The van der Waals surface area contributed by atoms with Crippen LogP contribution in [0.25, 0.3) is 21.5 Å². The summed E-state index contributed by atoms with van der Waals surface area (Å²) in [6.45, 7) is 0. The molecule has 7 nitrogen and oxygen atoms in total. The second kappa shape index (κ2) is 7.45. The molecule has 0 radical (unpaired) electrons. The summed E-state index contributed by atoms with van der Waals surface area (Å²) in [5.41, 5.74) is 0.923. The summed E-state index contributed by atoms with van der Waals surface area (Å²) >= 11 is 5.16. The van der Waals surface area contributed by atoms with Gasteiger partial charge in [-0.2, -0.15) is 4.90 Å². The van der Waals surface area contributed by atoms with Crippen molar-refractivity contribution < 1.29 is 22.9 Å². The van der Waals surface area contributed by atoms with Crippen LogP contribution in [0.5, 0.6) is 5.75 Å². The first-order valence-corrected chi connectivity index (χ1v) is 10.5. The summed E-state index contributed by atoms with van der Waals surface area (Å²) in [4.78, 5) is 12.5. The zero-order valence-electron chi connectivity index (χ0n) is 15.2. The number of nitrogens with one attached hydrogen (secondary N) is 2. The van der Waals surface area contributed by atoms with Crippen molar-refractivity contribution in [3.8, 4) is 5.75 Å². The number of fused-ring (bicyclic) bond motifs is 2. The molecule has 4 aromatic carbocycles. The number of hydrogen-bond donors (Lipinski definition) is 3. The number of urea groups is 1. The summed E-state index contributed by atoms with van der Waals surface area (Å²) in [6, 6.07) is 17.1. The van der Waals surface area contributed by atoms with E-state index < -0.39 is 21.0 Å². The Morgan fingerprint density at radius 1 is 0.833 bits per heavy atom. The number of hydrogen-bond acceptors (Lipinski definition) is 6. The molecule has 0 spiro atoms. The van der Waals surface area contributed by atoms with Gasteiger partial charge in [0.25, 0.3) is 0 Å². The van der Waals surface area contributed by atoms with Gasteiger partial charge in [-0.05, 0) is 58.6 Å². The van der Waals surface area contributed by atoms with Gasteiger partial charge in [0.1, 0.15) is 15.9 Å². The van der Waals surface area contributed by atoms with Gasteiger partial charge in [-0.25, -0.2) is 13.2 Å². The van der Waals surface area contributed by atoms with Gasteiger partial charge in [0.05, 0.1) is 4.90 Å². The molecule has 0 saturated carbocycles. The van der Waals surface area contributed by atoms with Gasteiger partial charge in [-0.1, -0.05) is 24.3 Å². The largest absolute Gasteiger partial charge is 0.780 e. The van der Waals surface area contributed by atoms with E-state index in [1.807, 2.05) is 24.3 Å². The van der Waals surface area contributed by atoms with Crippen LogP contribution < -0.4 is 10.6 Å². The number of amides is 2. The molecule has 4 rings (SSSR count). The molecule has 0 fully saturated rings. The number of phenolic OH excluding ortho intramolecular Hbond substituents is 1. The minimum absolute atomic E-state index is 0.297. The zero-order valence-corrected chi connectivity index (χ0v) is 16.9. The molecule has 4 aromatic rings. The molecular weight excluding hydrogens is 424 g/mol. The third-order valence-corrected chi connectivity index (χ3v) is 5.59. The van der Waals surface area contributed by atoms with E-state index in [1.165, 1.54) is 12.1 Å². The summed E-state index contributed by atoms with van der Waals surface area (Å²) in [6.07, 6.45) is 0. The van der Waals surface area contributed by atoms with E-state index in [0.717, 1.165) is 22.9 Å². The van der Waals surface area contributed by atoms with Crippen molar-refractivity contribution in [2.45, 2.75) is 9.79 Å². The van der Waals surface area contributed by atoms with E-state index >= 15 is 0 Å². The third kappa shape index (κ3) is 4.13. The predicted octanol–water partition coefficient (Wildman–Crippen LogP) is 4.15. The molecular formula is C21H14N2O5S2-2. The standard InChI is InChI=1S/C21H16N2O5S2/c24-20-11-18(30(26,27)28)10-14-8-16(4-6-19(14)20)23-21(25)22-15-3-1-12-2-5-17(29)9-13(12)7-15/h1-11,24,29H,(H2,22,23,25)(H,26,27,28)/p-2. The number of carbonyl (C=O) groups is 1. The molecule has 9 heteroatoms. The Kier molecular flexibility index (Phi) is 4.94. The highest BCUT2D eigenvalue weighted by Gasteiger charge is 2.10. The fourth-order valence-electron chi connectivity index (χ4n) is 3.14. The summed E-state index contributed by atoms with van der Waals surface area (Å²) in [5.74, 6) is -0.338. The highest BCUT2D eigenvalue weighted by Crippen LogP contribution is 2.30. The van der Waals surface area contributed by atoms with Crippen molar-refractivity contribution in [1.29, 1.82) is 0 Å². The molecule has 0 heterocycles. The fourth-order valence-corrected chi connectivity index (χ4v) is 3.86. The second-order valence-electron chi connectivity index (χ2n) is 6.64. The lowest BCUT2D eigenvalue weighted by Crippen LogP contribution is -2.19. The Morgan fingerprint density at radius 3 is 2.17 bits per heavy atom. The van der Waals surface area contributed by atoms with Gasteiger partial charge in [-0.15, -0.1) is 0 Å². The van der Waals surface area contributed by atoms with Gasteiger partial charge in [-0.3, -0.25) is 0 Å². The number of anilines is 2. The number of rotatable bonds is 3. The maximum absolute atomic E-state index is 12.4. The number of phenols is 1. The monoisotopic (exact) mass is 438 g/mol. The van der Waals surface area contributed by atoms with Crippen molar-refractivity contribution in [3.05, 3.63) is 66.7 Å². The lowest BCUT2D eigenvalue weighted by molar-refractivity contribution is 0.262. The third-order valence-electron chi connectivity index (χ3n) is 4.52. The predicted molar refractivity (Wildman–Crippen MR) is 116 cm³/mol. The Morgan fingerprint density at radius 2 is 1.47 bits per heavy atom. The number of aromatic hydroxyl groups is 1. The molecule has 0 saturated heterocycles. The van der Waals surface area contributed by atoms with Crippen molar-refractivity contribution in [3.63, 3.8) is 0 Å². The van der Waals surface area contributed by atoms with Crippen molar-refractivity contribution in [2.24, 2.45) is 0 Å². The van der Waals surface area contributed by atoms with Gasteiger partial charge < -0.3 is 32.9 Å². The molecule has 0 aliphatic heterocycles. The molecule has 0 aliphatic rings. The Balaban J connectivity index is 1.58. The van der Waals surface area contributed by atoms with Crippen LogP contribution >= 0.6 is 0 Å². The van der Waals surface area contributed by atoms with E-state index in [4.69, 9.17) is 12.6 Å². The quantitative estimate of drug-likeness (QED) is 0.327. The molecule has 30 heavy (non-hydrogen) atoms. The first kappa shape index (κ1) is 19.9. The lowest BCUT2D eigenvalue weighted by atomic mass is 10.1. The van der Waals surface area contributed by atoms with Crippen molar-refractivity contribution in [1.82, 2.24) is 0 Å². The number of carbonyl (C=O) groups excluding carboxylic acids is 1. The topological polar surface area (TPSA) is 119 Å². The van der Waals surface area contributed by atoms with Crippen LogP contribution in [-0.4, -0.2) is 24.1 Å². The van der Waals surface area contributed by atoms with Crippen LogP contribution in [0.4, 0.5) is 16.2 Å². The molecule has 2 amide bonds. The highest BCUT2D eigenvalue weighted by atomic mass is 32.2. The van der Waals surface area contributed by atoms with E-state index in [9.17, 15) is 22.9 Å². The van der Waals surface area contributed by atoms with E-state index in [2.05, 4.69) is 10.6 Å². The van der Waals surface area contributed by atoms with Crippen molar-refractivity contribution in [2.75, 3.05) is 10.6 Å². The minimum atomic E-state index is -4.73. The Bertz CT molecular complexity index is 1420. The molecule has 0 bridgehead atoms. The molecule has 0 unspecified atom stereocenters. The molecule has 152 valence electrons. The lowest BCUT2D eigenvalue weighted by Gasteiger charge is -2.12. The first-order chi connectivity index (χ1) is 14.2. The first-order valence-electron chi connectivity index (χ1n) is 8.70. The average molecular weight is 438 g/mol. The summed E-state index contributed by atoms with van der Waals surface area (Å²) < 4.78 is 33.8. The molecule has 0 atom stereocenters. The zero-order chi connectivity index (χ0) is 21.5. The normalized spacial score (nSPS) is 11.5. The Hall–Kier alpha value is -3.40. The van der Waals surface area contributed by atoms with E-state index in [-0.39, 0.29) is 5.75 Å². The highest BCUT2D eigenvalue weighted by molar-refractivity contribution is 7.85. The van der Waals surface area contributed by atoms with Gasteiger partial charge >= 0.3 is 6.03 Å². The maximum Gasteiger partial charge on any atom is 0.323 e. The van der Waals surface area contributed by atoms with E-state index in [1.54, 1.807) is 18.2 Å². The van der Waals surface area contributed by atoms with Gasteiger partial charge in [0.2, 0.25) is 0 Å². The SMILES string of the molecule is O=C(Nc1ccc2ccc([S-])cc2c1)Nc1ccc2c(O)cc(S(=O)(=O)[O-])cc2c1. The minimum Gasteiger partial charge on any atom is -0.780 e. The fraction of sp³-hybridized carbons (Fsp3) is 0. The average Bonchev–Trinajstić information content (AvgIpc) is 2.66. The van der Waals surface area contributed by atoms with Crippen LogP contribution in [-0.2, 0) is 22.7 Å². The van der Waals surface area contributed by atoms with Crippen LogP contribution in [0, 0.1) is 0 Å². The smallest absolute Gasteiger partial charge is 0.323 e. The van der Waals surface area contributed by atoms with Gasteiger partial charge in [0, 0.05) is 16.8 Å².